The molecular formula is C19H17N5O2. The van der Waals surface area contributed by atoms with Gasteiger partial charge in [0.05, 0.1) is 31.3 Å². The third-order valence-electron chi connectivity index (χ3n) is 5.51. The van der Waals surface area contributed by atoms with Crippen LogP contribution in [0.25, 0.3) is 5.57 Å². The van der Waals surface area contributed by atoms with Gasteiger partial charge in [-0.25, -0.2) is 9.48 Å². The van der Waals surface area contributed by atoms with Crippen LogP contribution in [0.3, 0.4) is 0 Å². The number of carbonyl (C=O) groups is 1. The van der Waals surface area contributed by atoms with Crippen molar-refractivity contribution in [3.8, 4) is 6.07 Å². The van der Waals surface area contributed by atoms with Crippen LogP contribution in [0.15, 0.2) is 42.7 Å². The van der Waals surface area contributed by atoms with Crippen molar-refractivity contribution in [3.63, 3.8) is 0 Å². The number of nitriles is 1. The second kappa shape index (κ2) is 5.70. The fourth-order valence-electron chi connectivity index (χ4n) is 4.06. The summed E-state index contributed by atoms with van der Waals surface area (Å²) in [6.45, 7) is 0.991. The predicted molar refractivity (Wildman–Crippen MR) is 92.8 cm³/mol. The summed E-state index contributed by atoms with van der Waals surface area (Å²) in [7, 11) is 0. The van der Waals surface area contributed by atoms with E-state index in [1.165, 1.54) is 11.1 Å². The molecule has 4 atom stereocenters. The molecule has 0 bridgehead atoms. The summed E-state index contributed by atoms with van der Waals surface area (Å²) in [6, 6.07) is 10.4. The second-order valence-electron chi connectivity index (χ2n) is 7.08. The van der Waals surface area contributed by atoms with Crippen molar-refractivity contribution in [2.24, 2.45) is 17.8 Å². The summed E-state index contributed by atoms with van der Waals surface area (Å²) < 4.78 is 7.10. The van der Waals surface area contributed by atoms with Crippen LogP contribution < -0.4 is 4.90 Å². The van der Waals surface area contributed by atoms with E-state index >= 15 is 0 Å². The molecule has 1 amide bonds. The van der Waals surface area contributed by atoms with Crippen LogP contribution in [-0.4, -0.2) is 33.7 Å². The highest BCUT2D eigenvalue weighted by Crippen LogP contribution is 2.57. The SMILES string of the molecule is N#CC1C2C=C(c3ccc(N4C[C@H](Cn5ccnn5)OC4=O)cc3)CC12. The van der Waals surface area contributed by atoms with Gasteiger partial charge in [-0.2, -0.15) is 5.26 Å². The first-order valence-electron chi connectivity index (χ1n) is 8.76. The molecule has 1 aromatic heterocycles. The van der Waals surface area contributed by atoms with Crippen molar-refractivity contribution in [1.82, 2.24) is 15.0 Å². The van der Waals surface area contributed by atoms with Crippen molar-refractivity contribution < 1.29 is 9.53 Å². The van der Waals surface area contributed by atoms with Crippen LogP contribution in [0.4, 0.5) is 10.5 Å². The Morgan fingerprint density at radius 2 is 2.15 bits per heavy atom. The summed E-state index contributed by atoms with van der Waals surface area (Å²) >= 11 is 0. The number of hydrogen-bond acceptors (Lipinski definition) is 5. The molecule has 2 aliphatic carbocycles. The highest BCUT2D eigenvalue weighted by molar-refractivity contribution is 5.90. The van der Waals surface area contributed by atoms with Crippen molar-refractivity contribution in [3.05, 3.63) is 48.3 Å². The van der Waals surface area contributed by atoms with Gasteiger partial charge in [-0.15, -0.1) is 5.10 Å². The number of rotatable bonds is 4. The fraction of sp³-hybridized carbons (Fsp3) is 0.368. The van der Waals surface area contributed by atoms with Gasteiger partial charge in [-0.05, 0) is 41.5 Å². The van der Waals surface area contributed by atoms with Crippen LogP contribution in [0.1, 0.15) is 12.0 Å². The van der Waals surface area contributed by atoms with Crippen LogP contribution in [0, 0.1) is 29.1 Å². The molecule has 2 heterocycles. The van der Waals surface area contributed by atoms with Gasteiger partial charge in [0.15, 0.2) is 0 Å². The van der Waals surface area contributed by atoms with Crippen LogP contribution in [0.2, 0.25) is 0 Å². The maximum atomic E-state index is 12.2. The summed E-state index contributed by atoms with van der Waals surface area (Å²) in [4.78, 5) is 13.8. The lowest BCUT2D eigenvalue weighted by Crippen LogP contribution is -2.26. The molecule has 0 radical (unpaired) electrons. The zero-order valence-corrected chi connectivity index (χ0v) is 14.0. The average Bonchev–Trinajstić information content (AvgIpc) is 3.11. The van der Waals surface area contributed by atoms with Crippen molar-refractivity contribution in [2.75, 3.05) is 11.4 Å². The van der Waals surface area contributed by atoms with Crippen molar-refractivity contribution in [2.45, 2.75) is 19.1 Å². The number of amides is 1. The number of cyclic esters (lactones) is 1. The molecule has 0 N–H and O–H groups in total. The van der Waals surface area contributed by atoms with Crippen molar-refractivity contribution in [1.29, 1.82) is 5.26 Å². The van der Waals surface area contributed by atoms with Gasteiger partial charge in [0.2, 0.25) is 0 Å². The minimum absolute atomic E-state index is 0.222. The smallest absolute Gasteiger partial charge is 0.414 e. The lowest BCUT2D eigenvalue weighted by atomic mass is 10.0. The third-order valence-corrected chi connectivity index (χ3v) is 5.51. The highest BCUT2D eigenvalue weighted by atomic mass is 16.6. The highest BCUT2D eigenvalue weighted by Gasteiger charge is 2.52. The van der Waals surface area contributed by atoms with E-state index in [2.05, 4.69) is 22.5 Å². The summed E-state index contributed by atoms with van der Waals surface area (Å²) in [5, 5.41) is 16.7. The van der Waals surface area contributed by atoms with Gasteiger partial charge in [0.1, 0.15) is 6.10 Å². The van der Waals surface area contributed by atoms with Gasteiger partial charge in [-0.3, -0.25) is 4.90 Å². The first-order valence-corrected chi connectivity index (χ1v) is 8.76. The second-order valence-corrected chi connectivity index (χ2v) is 7.08. The zero-order valence-electron chi connectivity index (χ0n) is 14.0. The first-order chi connectivity index (χ1) is 12.7. The van der Waals surface area contributed by atoms with E-state index in [0.29, 0.717) is 24.9 Å². The maximum Gasteiger partial charge on any atom is 0.414 e. The molecule has 1 aromatic carbocycles. The molecule has 2 aromatic rings. The van der Waals surface area contributed by atoms with E-state index < -0.39 is 0 Å². The molecule has 130 valence electrons. The quantitative estimate of drug-likeness (QED) is 0.848. The summed E-state index contributed by atoms with van der Waals surface area (Å²) in [5.74, 6) is 1.18. The van der Waals surface area contributed by atoms with Gasteiger partial charge in [0.25, 0.3) is 0 Å². The van der Waals surface area contributed by atoms with E-state index in [1.807, 2.05) is 24.3 Å². The molecule has 0 spiro atoms. The Kier molecular flexibility index (Phi) is 3.32. The van der Waals surface area contributed by atoms with E-state index in [4.69, 9.17) is 10.00 Å². The molecule has 3 unspecified atom stereocenters. The standard InChI is InChI=1S/C19H17N5O2/c20-9-18-16-7-13(8-17(16)18)12-1-3-14(4-2-12)24-11-15(26-19(24)25)10-23-6-5-21-22-23/h1-7,15-18H,8,10-11H2/t15-,16?,17?,18?/m0/s1. The average molecular weight is 347 g/mol. The van der Waals surface area contributed by atoms with Gasteiger partial charge < -0.3 is 4.74 Å². The molecule has 2 fully saturated rings. The van der Waals surface area contributed by atoms with Gasteiger partial charge in [-0.1, -0.05) is 23.4 Å². The monoisotopic (exact) mass is 347 g/mol. The molecule has 7 nitrogen and oxygen atoms in total. The topological polar surface area (TPSA) is 84.0 Å². The molecule has 5 rings (SSSR count). The normalized spacial score (nSPS) is 29.1. The lowest BCUT2D eigenvalue weighted by Gasteiger charge is -2.14. The number of ether oxygens (including phenoxy) is 1. The zero-order chi connectivity index (χ0) is 17.7. The predicted octanol–water partition coefficient (Wildman–Crippen LogP) is 2.48. The van der Waals surface area contributed by atoms with E-state index in [-0.39, 0.29) is 18.1 Å². The Labute approximate surface area is 150 Å². The minimum Gasteiger partial charge on any atom is -0.442 e. The first kappa shape index (κ1) is 15.1. The molecule has 7 heteroatoms. The van der Waals surface area contributed by atoms with Crippen LogP contribution >= 0.6 is 0 Å². The molecule has 1 saturated heterocycles. The number of nitrogens with zero attached hydrogens (tertiary/aromatic N) is 5. The number of fused-ring (bicyclic) bond motifs is 1. The Balaban J connectivity index is 1.27. The number of allylic oxidation sites excluding steroid dienone is 2. The largest absolute Gasteiger partial charge is 0.442 e. The molecule has 3 aliphatic rings. The number of hydrogen-bond donors (Lipinski definition) is 0. The Morgan fingerprint density at radius 1 is 1.31 bits per heavy atom. The molecule has 1 saturated carbocycles. The van der Waals surface area contributed by atoms with Gasteiger partial charge in [0, 0.05) is 11.9 Å². The lowest BCUT2D eigenvalue weighted by molar-refractivity contribution is 0.129. The maximum absolute atomic E-state index is 12.2. The molecule has 26 heavy (non-hydrogen) atoms. The van der Waals surface area contributed by atoms with Crippen LogP contribution in [-0.2, 0) is 11.3 Å². The molecular weight excluding hydrogens is 330 g/mol. The summed E-state index contributed by atoms with van der Waals surface area (Å²) in [6.07, 6.45) is 6.01. The molecule has 1 aliphatic heterocycles. The van der Waals surface area contributed by atoms with E-state index in [0.717, 1.165) is 12.1 Å². The fourth-order valence-corrected chi connectivity index (χ4v) is 4.06. The van der Waals surface area contributed by atoms with E-state index in [9.17, 15) is 4.79 Å². The number of benzene rings is 1. The third kappa shape index (κ3) is 2.46. The van der Waals surface area contributed by atoms with Gasteiger partial charge >= 0.3 is 6.09 Å². The Hall–Kier alpha value is -3.14. The van der Waals surface area contributed by atoms with E-state index in [1.54, 1.807) is 22.0 Å². The Morgan fingerprint density at radius 3 is 2.81 bits per heavy atom. The Bertz CT molecular complexity index is 912. The number of carbonyl (C=O) groups excluding carboxylic acids is 1. The minimum atomic E-state index is -0.332. The number of aromatic nitrogens is 3. The van der Waals surface area contributed by atoms with Crippen LogP contribution in [0.5, 0.6) is 0 Å². The van der Waals surface area contributed by atoms with Crippen molar-refractivity contribution >= 4 is 17.4 Å². The summed E-state index contributed by atoms with van der Waals surface area (Å²) in [5.41, 5.74) is 3.31. The number of anilines is 1.